The van der Waals surface area contributed by atoms with Crippen molar-refractivity contribution in [2.75, 3.05) is 26.4 Å². The standard InChI is InChI=1S/C31H32O8S2/c1-4-40-36-20-6-18-34-26-12-8-24(9-13-26)30(32)38-28-16-17-29(23(3)22-28)39-31(33)25-10-14-27(15-11-25)35-19-7-21-37-41-5-2/h4-5,8-17,22H,1-2,6-7,18-21H2,3H3. The summed E-state index contributed by atoms with van der Waals surface area (Å²) >= 11 is 2.39. The van der Waals surface area contributed by atoms with Crippen LogP contribution in [0.25, 0.3) is 0 Å². The first-order valence-corrected chi connectivity index (χ1v) is 14.4. The minimum atomic E-state index is -0.513. The van der Waals surface area contributed by atoms with Crippen LogP contribution in [0.15, 0.2) is 90.7 Å². The molecule has 0 aliphatic carbocycles. The smallest absolute Gasteiger partial charge is 0.343 e. The van der Waals surface area contributed by atoms with Crippen LogP contribution in [-0.4, -0.2) is 38.4 Å². The maximum atomic E-state index is 12.6. The molecule has 3 aromatic rings. The lowest BCUT2D eigenvalue weighted by Gasteiger charge is -2.11. The Balaban J connectivity index is 1.45. The Hall–Kier alpha value is -3.70. The quantitative estimate of drug-likeness (QED) is 0.0633. The Morgan fingerprint density at radius 2 is 1.12 bits per heavy atom. The van der Waals surface area contributed by atoms with Crippen molar-refractivity contribution in [2.45, 2.75) is 19.8 Å². The van der Waals surface area contributed by atoms with Crippen LogP contribution < -0.4 is 18.9 Å². The Morgan fingerprint density at radius 1 is 0.659 bits per heavy atom. The summed E-state index contributed by atoms with van der Waals surface area (Å²) in [5.74, 6) is 0.964. The van der Waals surface area contributed by atoms with Crippen molar-refractivity contribution in [3.63, 3.8) is 0 Å². The maximum Gasteiger partial charge on any atom is 0.343 e. The van der Waals surface area contributed by atoms with Crippen molar-refractivity contribution in [1.29, 1.82) is 0 Å². The van der Waals surface area contributed by atoms with E-state index in [-0.39, 0.29) is 0 Å². The molecule has 0 radical (unpaired) electrons. The molecule has 3 aromatic carbocycles. The molecule has 0 saturated heterocycles. The van der Waals surface area contributed by atoms with E-state index in [1.165, 1.54) is 24.1 Å². The van der Waals surface area contributed by atoms with Gasteiger partial charge in [0.05, 0.1) is 37.6 Å². The van der Waals surface area contributed by atoms with E-state index in [9.17, 15) is 9.59 Å². The van der Waals surface area contributed by atoms with Gasteiger partial charge < -0.3 is 27.3 Å². The van der Waals surface area contributed by atoms with Gasteiger partial charge in [-0.1, -0.05) is 13.2 Å². The van der Waals surface area contributed by atoms with Gasteiger partial charge in [-0.05, 0) is 90.0 Å². The highest BCUT2D eigenvalue weighted by atomic mass is 32.2. The van der Waals surface area contributed by atoms with Gasteiger partial charge in [-0.2, -0.15) is 0 Å². The molecule has 0 bridgehead atoms. The molecule has 0 aliphatic rings. The summed E-state index contributed by atoms with van der Waals surface area (Å²) in [4.78, 5) is 25.2. The molecule has 0 spiro atoms. The molecule has 0 fully saturated rings. The number of benzene rings is 3. The molecule has 216 valence electrons. The van der Waals surface area contributed by atoms with E-state index < -0.39 is 11.9 Å². The lowest BCUT2D eigenvalue weighted by atomic mass is 10.2. The van der Waals surface area contributed by atoms with Gasteiger partial charge in [0.15, 0.2) is 0 Å². The third-order valence-electron chi connectivity index (χ3n) is 5.29. The van der Waals surface area contributed by atoms with Crippen LogP contribution in [0.1, 0.15) is 39.1 Å². The van der Waals surface area contributed by atoms with Gasteiger partial charge in [0.25, 0.3) is 0 Å². The molecule has 0 aromatic heterocycles. The molecule has 8 nitrogen and oxygen atoms in total. The van der Waals surface area contributed by atoms with E-state index in [1.54, 1.807) is 84.5 Å². The third-order valence-corrected chi connectivity index (χ3v) is 6.17. The largest absolute Gasteiger partial charge is 0.494 e. The van der Waals surface area contributed by atoms with Gasteiger partial charge in [-0.3, -0.25) is 0 Å². The molecule has 0 aliphatic heterocycles. The zero-order chi connectivity index (χ0) is 29.3. The van der Waals surface area contributed by atoms with Gasteiger partial charge in [0.1, 0.15) is 23.0 Å². The number of carbonyl (C=O) groups is 2. The first kappa shape index (κ1) is 31.8. The van der Waals surface area contributed by atoms with Crippen LogP contribution in [-0.2, 0) is 8.37 Å². The van der Waals surface area contributed by atoms with Crippen LogP contribution in [0.2, 0.25) is 0 Å². The fourth-order valence-electron chi connectivity index (χ4n) is 3.31. The predicted molar refractivity (Wildman–Crippen MR) is 162 cm³/mol. The van der Waals surface area contributed by atoms with E-state index in [4.69, 9.17) is 27.3 Å². The van der Waals surface area contributed by atoms with Gasteiger partial charge in [0, 0.05) is 36.9 Å². The van der Waals surface area contributed by atoms with Crippen LogP contribution in [0.5, 0.6) is 23.0 Å². The van der Waals surface area contributed by atoms with Crippen molar-refractivity contribution in [2.24, 2.45) is 0 Å². The minimum Gasteiger partial charge on any atom is -0.494 e. The molecular formula is C31H32O8S2. The second-order valence-corrected chi connectivity index (χ2v) is 9.85. The lowest BCUT2D eigenvalue weighted by Crippen LogP contribution is -2.11. The molecule has 0 saturated carbocycles. The molecule has 10 heteroatoms. The van der Waals surface area contributed by atoms with Gasteiger partial charge in [0.2, 0.25) is 0 Å². The highest BCUT2D eigenvalue weighted by molar-refractivity contribution is 7.97. The van der Waals surface area contributed by atoms with Crippen LogP contribution in [0.3, 0.4) is 0 Å². The average Bonchev–Trinajstić information content (AvgIpc) is 2.98. The minimum absolute atomic E-state index is 0.333. The summed E-state index contributed by atoms with van der Waals surface area (Å²) < 4.78 is 32.8. The summed E-state index contributed by atoms with van der Waals surface area (Å²) in [5, 5.41) is 3.24. The van der Waals surface area contributed by atoms with Crippen molar-refractivity contribution < 1.29 is 36.9 Å². The first-order valence-electron chi connectivity index (χ1n) is 12.8. The van der Waals surface area contributed by atoms with Crippen molar-refractivity contribution in [3.05, 3.63) is 107 Å². The molecule has 3 rings (SSSR count). The van der Waals surface area contributed by atoms with Gasteiger partial charge in [-0.15, -0.1) is 0 Å². The predicted octanol–water partition coefficient (Wildman–Crippen LogP) is 7.59. The van der Waals surface area contributed by atoms with Gasteiger partial charge >= 0.3 is 11.9 Å². The Bertz CT molecular complexity index is 1280. The number of carbonyl (C=O) groups excluding carboxylic acids is 2. The highest BCUT2D eigenvalue weighted by Crippen LogP contribution is 2.26. The Morgan fingerprint density at radius 3 is 1.59 bits per heavy atom. The number of ether oxygens (including phenoxy) is 4. The molecule has 41 heavy (non-hydrogen) atoms. The average molecular weight is 597 g/mol. The Labute approximate surface area is 249 Å². The molecule has 0 unspecified atom stereocenters. The Kier molecular flexibility index (Phi) is 13.9. The van der Waals surface area contributed by atoms with E-state index in [1.807, 2.05) is 0 Å². The number of hydrogen-bond acceptors (Lipinski definition) is 10. The van der Waals surface area contributed by atoms with Crippen LogP contribution >= 0.6 is 24.1 Å². The van der Waals surface area contributed by atoms with Crippen molar-refractivity contribution >= 4 is 36.0 Å². The molecule has 0 atom stereocenters. The van der Waals surface area contributed by atoms with E-state index in [0.717, 1.165) is 12.8 Å². The molecular weight excluding hydrogens is 564 g/mol. The molecule has 0 amide bonds. The molecule has 0 N–H and O–H groups in total. The van der Waals surface area contributed by atoms with E-state index in [2.05, 4.69) is 13.2 Å². The van der Waals surface area contributed by atoms with Crippen molar-refractivity contribution in [3.8, 4) is 23.0 Å². The fourth-order valence-corrected chi connectivity index (χ4v) is 3.93. The second-order valence-electron chi connectivity index (χ2n) is 8.33. The summed E-state index contributed by atoms with van der Waals surface area (Å²) in [7, 11) is 0. The van der Waals surface area contributed by atoms with Crippen LogP contribution in [0, 0.1) is 6.92 Å². The third kappa shape index (κ3) is 11.4. The number of esters is 2. The normalized spacial score (nSPS) is 10.5. The highest BCUT2D eigenvalue weighted by Gasteiger charge is 2.14. The summed E-state index contributed by atoms with van der Waals surface area (Å²) in [6.45, 7) is 11.0. The number of hydrogen-bond donors (Lipinski definition) is 0. The number of rotatable bonds is 18. The first-order chi connectivity index (χ1) is 20.0. The zero-order valence-corrected chi connectivity index (χ0v) is 24.4. The summed E-state index contributed by atoms with van der Waals surface area (Å²) in [6, 6.07) is 18.2. The topological polar surface area (TPSA) is 89.5 Å². The SMILES string of the molecule is C=CSOCCCOc1ccc(C(=O)Oc2ccc(OC(=O)c3ccc(OCCCOSC=C)cc3)c(C)c2)cc1. The number of aryl methyl sites for hydroxylation is 1. The van der Waals surface area contributed by atoms with E-state index in [0.29, 0.717) is 66.1 Å². The fraction of sp³-hybridized carbons (Fsp3) is 0.226. The second kappa shape index (κ2) is 17.9. The molecule has 0 heterocycles. The summed E-state index contributed by atoms with van der Waals surface area (Å²) in [5.41, 5.74) is 1.40. The van der Waals surface area contributed by atoms with Crippen molar-refractivity contribution in [1.82, 2.24) is 0 Å². The summed E-state index contributed by atoms with van der Waals surface area (Å²) in [6.07, 6.45) is 1.45. The lowest BCUT2D eigenvalue weighted by molar-refractivity contribution is 0.0718. The monoisotopic (exact) mass is 596 g/mol. The maximum absolute atomic E-state index is 12.6. The van der Waals surface area contributed by atoms with Gasteiger partial charge in [-0.25, -0.2) is 9.59 Å². The van der Waals surface area contributed by atoms with Crippen LogP contribution in [0.4, 0.5) is 0 Å². The van der Waals surface area contributed by atoms with E-state index >= 15 is 0 Å². The zero-order valence-electron chi connectivity index (χ0n) is 22.7.